The van der Waals surface area contributed by atoms with Crippen molar-refractivity contribution < 1.29 is 4.79 Å². The van der Waals surface area contributed by atoms with Crippen LogP contribution in [0, 0.1) is 0 Å². The van der Waals surface area contributed by atoms with E-state index in [1.54, 1.807) is 6.20 Å². The molecule has 3 heterocycles. The lowest BCUT2D eigenvalue weighted by atomic mass is 9.99. The molecular formula is C12H14BrN5O. The number of carbonyl (C=O) groups is 1. The molecule has 6 nitrogen and oxygen atoms in total. The molecule has 0 saturated carbocycles. The lowest BCUT2D eigenvalue weighted by molar-refractivity contribution is -0.126. The Labute approximate surface area is 119 Å². The second-order valence-corrected chi connectivity index (χ2v) is 5.82. The predicted molar refractivity (Wildman–Crippen MR) is 75.1 cm³/mol. The average molecular weight is 324 g/mol. The summed E-state index contributed by atoms with van der Waals surface area (Å²) in [5, 5.41) is 2.88. The van der Waals surface area contributed by atoms with E-state index in [1.165, 1.54) is 0 Å². The monoisotopic (exact) mass is 323 g/mol. The minimum atomic E-state index is -0.640. The summed E-state index contributed by atoms with van der Waals surface area (Å²) in [6.07, 6.45) is 5.44. The molecule has 7 heteroatoms. The van der Waals surface area contributed by atoms with Gasteiger partial charge in [-0.2, -0.15) is 0 Å². The van der Waals surface area contributed by atoms with Gasteiger partial charge in [-0.3, -0.25) is 4.79 Å². The number of carbonyl (C=O) groups excluding carboxylic acids is 1. The van der Waals surface area contributed by atoms with Gasteiger partial charge in [0.15, 0.2) is 11.5 Å². The van der Waals surface area contributed by atoms with Gasteiger partial charge < -0.3 is 14.6 Å². The van der Waals surface area contributed by atoms with Crippen LogP contribution in [-0.4, -0.2) is 38.9 Å². The van der Waals surface area contributed by atoms with Crippen LogP contribution in [-0.2, 0) is 4.79 Å². The third-order valence-electron chi connectivity index (χ3n) is 3.43. The van der Waals surface area contributed by atoms with Crippen LogP contribution in [0.1, 0.15) is 13.8 Å². The van der Waals surface area contributed by atoms with Gasteiger partial charge in [0.2, 0.25) is 5.91 Å². The van der Waals surface area contributed by atoms with E-state index in [1.807, 2.05) is 35.5 Å². The lowest BCUT2D eigenvalue weighted by Crippen LogP contribution is -2.62. The van der Waals surface area contributed by atoms with Crippen molar-refractivity contribution in [3.05, 3.63) is 23.2 Å². The van der Waals surface area contributed by atoms with Crippen molar-refractivity contribution in [1.82, 2.24) is 19.7 Å². The largest absolute Gasteiger partial charge is 0.352 e. The first kappa shape index (κ1) is 12.4. The van der Waals surface area contributed by atoms with Crippen molar-refractivity contribution in [1.29, 1.82) is 0 Å². The molecule has 100 valence electrons. The van der Waals surface area contributed by atoms with Crippen molar-refractivity contribution in [2.45, 2.75) is 19.4 Å². The summed E-state index contributed by atoms with van der Waals surface area (Å²) in [6.45, 7) is 5.11. The van der Waals surface area contributed by atoms with Crippen LogP contribution in [0.3, 0.4) is 0 Å². The maximum absolute atomic E-state index is 12.0. The Balaban J connectivity index is 2.18. The zero-order chi connectivity index (χ0) is 13.6. The standard InChI is InChI=1S/C12H14BrN5O/c1-12(2)11(19)15-4-6-18(12)10-9-14-3-5-17(9)7-8(13)16-10/h3,5,7H,4,6H2,1-2H3,(H,15,19). The zero-order valence-electron chi connectivity index (χ0n) is 10.7. The second kappa shape index (κ2) is 4.19. The number of halogens is 1. The maximum atomic E-state index is 12.0. The van der Waals surface area contributed by atoms with Crippen LogP contribution < -0.4 is 10.2 Å². The van der Waals surface area contributed by atoms with Crippen LogP contribution in [0.25, 0.3) is 5.65 Å². The third-order valence-corrected chi connectivity index (χ3v) is 3.82. The highest BCUT2D eigenvalue weighted by Gasteiger charge is 2.39. The quantitative estimate of drug-likeness (QED) is 0.856. The first-order chi connectivity index (χ1) is 9.00. The number of amides is 1. The number of nitrogens with one attached hydrogen (secondary N) is 1. The van der Waals surface area contributed by atoms with Crippen molar-refractivity contribution in [2.75, 3.05) is 18.0 Å². The van der Waals surface area contributed by atoms with Crippen LogP contribution in [0.5, 0.6) is 0 Å². The molecule has 1 aliphatic rings. The van der Waals surface area contributed by atoms with Crippen molar-refractivity contribution in [3.63, 3.8) is 0 Å². The summed E-state index contributed by atoms with van der Waals surface area (Å²) < 4.78 is 2.62. The van der Waals surface area contributed by atoms with Crippen LogP contribution in [0.2, 0.25) is 0 Å². The van der Waals surface area contributed by atoms with Gasteiger partial charge in [0, 0.05) is 31.7 Å². The van der Waals surface area contributed by atoms with Gasteiger partial charge in [0.25, 0.3) is 0 Å². The van der Waals surface area contributed by atoms with Gasteiger partial charge in [-0.15, -0.1) is 0 Å². The van der Waals surface area contributed by atoms with Gasteiger partial charge in [0.05, 0.1) is 0 Å². The second-order valence-electron chi connectivity index (χ2n) is 5.01. The molecule has 1 aliphatic heterocycles. The maximum Gasteiger partial charge on any atom is 0.245 e. The number of hydrogen-bond acceptors (Lipinski definition) is 4. The smallest absolute Gasteiger partial charge is 0.245 e. The SMILES string of the molecule is CC1(C)C(=O)NCCN1c1nc(Br)cn2ccnc12. The van der Waals surface area contributed by atoms with E-state index in [-0.39, 0.29) is 5.91 Å². The number of aromatic nitrogens is 3. The van der Waals surface area contributed by atoms with E-state index in [0.29, 0.717) is 13.1 Å². The summed E-state index contributed by atoms with van der Waals surface area (Å²) in [6, 6.07) is 0. The fourth-order valence-electron chi connectivity index (χ4n) is 2.34. The Morgan fingerprint density at radius 1 is 1.47 bits per heavy atom. The fraction of sp³-hybridized carbons (Fsp3) is 0.417. The van der Waals surface area contributed by atoms with Crippen LogP contribution >= 0.6 is 15.9 Å². The number of rotatable bonds is 1. The number of piperazine rings is 1. The molecule has 19 heavy (non-hydrogen) atoms. The summed E-state index contributed by atoms with van der Waals surface area (Å²) in [7, 11) is 0. The number of imidazole rings is 1. The highest BCUT2D eigenvalue weighted by molar-refractivity contribution is 9.10. The molecule has 1 fully saturated rings. The van der Waals surface area contributed by atoms with Crippen LogP contribution in [0.4, 0.5) is 5.82 Å². The molecule has 2 aromatic rings. The van der Waals surface area contributed by atoms with Gasteiger partial charge in [-0.05, 0) is 29.8 Å². The van der Waals surface area contributed by atoms with Gasteiger partial charge in [-0.25, -0.2) is 9.97 Å². The summed E-state index contributed by atoms with van der Waals surface area (Å²) in [4.78, 5) is 22.9. The zero-order valence-corrected chi connectivity index (χ0v) is 12.3. The minimum absolute atomic E-state index is 0.00484. The first-order valence-corrected chi connectivity index (χ1v) is 6.84. The van der Waals surface area contributed by atoms with E-state index >= 15 is 0 Å². The molecule has 2 aromatic heterocycles. The Morgan fingerprint density at radius 3 is 3.05 bits per heavy atom. The Kier molecular flexibility index (Phi) is 2.74. The normalized spacial score (nSPS) is 18.7. The third kappa shape index (κ3) is 1.88. The summed E-state index contributed by atoms with van der Waals surface area (Å²) in [5.74, 6) is 0.726. The van der Waals surface area contributed by atoms with Gasteiger partial charge in [0.1, 0.15) is 10.1 Å². The molecule has 3 rings (SSSR count). The molecule has 0 spiro atoms. The predicted octanol–water partition coefficient (Wildman–Crippen LogP) is 1.21. The number of anilines is 1. The minimum Gasteiger partial charge on any atom is -0.352 e. The first-order valence-electron chi connectivity index (χ1n) is 6.05. The fourth-order valence-corrected chi connectivity index (χ4v) is 2.73. The molecule has 1 amide bonds. The Morgan fingerprint density at radius 2 is 2.26 bits per heavy atom. The molecule has 0 aliphatic carbocycles. The number of fused-ring (bicyclic) bond motifs is 1. The van der Waals surface area contributed by atoms with E-state index in [4.69, 9.17) is 0 Å². The molecule has 0 unspecified atom stereocenters. The van der Waals surface area contributed by atoms with Crippen molar-refractivity contribution in [3.8, 4) is 0 Å². The molecule has 0 aromatic carbocycles. The van der Waals surface area contributed by atoms with E-state index in [9.17, 15) is 4.79 Å². The van der Waals surface area contributed by atoms with Crippen molar-refractivity contribution in [2.24, 2.45) is 0 Å². The van der Waals surface area contributed by atoms with E-state index in [0.717, 1.165) is 16.1 Å². The van der Waals surface area contributed by atoms with E-state index in [2.05, 4.69) is 31.2 Å². The molecular weight excluding hydrogens is 310 g/mol. The highest BCUT2D eigenvalue weighted by Crippen LogP contribution is 2.28. The molecule has 0 bridgehead atoms. The Bertz CT molecular complexity index is 651. The average Bonchev–Trinajstić information content (AvgIpc) is 2.79. The molecule has 0 atom stereocenters. The number of nitrogens with zero attached hydrogens (tertiary/aromatic N) is 4. The van der Waals surface area contributed by atoms with Gasteiger partial charge >= 0.3 is 0 Å². The van der Waals surface area contributed by atoms with Crippen LogP contribution in [0.15, 0.2) is 23.2 Å². The summed E-state index contributed by atoms with van der Waals surface area (Å²) in [5.41, 5.74) is 0.115. The summed E-state index contributed by atoms with van der Waals surface area (Å²) >= 11 is 3.40. The van der Waals surface area contributed by atoms with Crippen molar-refractivity contribution >= 4 is 33.3 Å². The number of hydrogen-bond donors (Lipinski definition) is 1. The molecule has 1 N–H and O–H groups in total. The highest BCUT2D eigenvalue weighted by atomic mass is 79.9. The van der Waals surface area contributed by atoms with E-state index < -0.39 is 5.54 Å². The molecule has 0 radical (unpaired) electrons. The Hall–Kier alpha value is -1.63. The van der Waals surface area contributed by atoms with Gasteiger partial charge in [-0.1, -0.05) is 0 Å². The molecule has 1 saturated heterocycles. The topological polar surface area (TPSA) is 62.5 Å². The lowest BCUT2D eigenvalue weighted by Gasteiger charge is -2.41.